The van der Waals surface area contributed by atoms with Gasteiger partial charge in [-0.05, 0) is 24.0 Å². The summed E-state index contributed by atoms with van der Waals surface area (Å²) < 4.78 is 1.89. The van der Waals surface area contributed by atoms with E-state index in [0.717, 1.165) is 0 Å². The molecule has 4 nitrogen and oxygen atoms in total. The average molecular weight is 259 g/mol. The van der Waals surface area contributed by atoms with E-state index in [1.165, 1.54) is 0 Å². The first kappa shape index (κ1) is 13.7. The van der Waals surface area contributed by atoms with Gasteiger partial charge in [-0.3, -0.25) is 4.98 Å². The Kier molecular flexibility index (Phi) is 3.71. The maximum atomic E-state index is 11.1. The summed E-state index contributed by atoms with van der Waals surface area (Å²) in [4.78, 5) is 8.36. The van der Waals surface area contributed by atoms with Crippen LogP contribution in [0, 0.1) is 5.41 Å². The van der Waals surface area contributed by atoms with E-state index in [0.29, 0.717) is 18.7 Å². The molecule has 0 bridgehead atoms. The molecule has 102 valence electrons. The molecule has 0 aliphatic rings. The predicted octanol–water partition coefficient (Wildman–Crippen LogP) is 2.60. The molecule has 2 aromatic heterocycles. The summed E-state index contributed by atoms with van der Waals surface area (Å²) in [6.07, 6.45) is 7.65. The smallest absolute Gasteiger partial charge is 0.125 e. The number of hydrogen-bond acceptors (Lipinski definition) is 3. The summed E-state index contributed by atoms with van der Waals surface area (Å²) in [5, 5.41) is 11.1. The topological polar surface area (TPSA) is 50.9 Å². The Balaban J connectivity index is 2.32. The number of pyridine rings is 1. The lowest BCUT2D eigenvalue weighted by molar-refractivity contribution is -0.0225. The predicted molar refractivity (Wildman–Crippen MR) is 74.4 cm³/mol. The van der Waals surface area contributed by atoms with E-state index in [9.17, 15) is 5.11 Å². The molecule has 1 atom stereocenters. The van der Waals surface area contributed by atoms with Gasteiger partial charge < -0.3 is 9.67 Å². The lowest BCUT2D eigenvalue weighted by Gasteiger charge is -2.34. The molecule has 1 unspecified atom stereocenters. The third-order valence-corrected chi connectivity index (χ3v) is 2.97. The zero-order valence-corrected chi connectivity index (χ0v) is 11.7. The molecule has 0 spiro atoms. The second-order valence-corrected chi connectivity index (χ2v) is 6.22. The molecule has 0 fully saturated rings. The summed E-state index contributed by atoms with van der Waals surface area (Å²) in [6, 6.07) is 5.64. The molecular formula is C15H21N3O. The number of rotatable bonds is 4. The Labute approximate surface area is 114 Å². The number of imidazole rings is 1. The van der Waals surface area contributed by atoms with Crippen LogP contribution < -0.4 is 0 Å². The van der Waals surface area contributed by atoms with Crippen molar-refractivity contribution in [3.8, 4) is 0 Å². The van der Waals surface area contributed by atoms with E-state index >= 15 is 0 Å². The van der Waals surface area contributed by atoms with Crippen LogP contribution in [0.3, 0.4) is 0 Å². The first-order valence-electron chi connectivity index (χ1n) is 6.49. The van der Waals surface area contributed by atoms with Crippen molar-refractivity contribution in [2.24, 2.45) is 5.41 Å². The Hall–Kier alpha value is -1.68. The van der Waals surface area contributed by atoms with Crippen molar-refractivity contribution in [3.63, 3.8) is 0 Å². The van der Waals surface area contributed by atoms with Crippen molar-refractivity contribution in [2.75, 3.05) is 0 Å². The molecule has 0 saturated carbocycles. The summed E-state index contributed by atoms with van der Waals surface area (Å²) in [6.45, 7) is 6.82. The van der Waals surface area contributed by atoms with E-state index < -0.39 is 5.60 Å². The summed E-state index contributed by atoms with van der Waals surface area (Å²) >= 11 is 0. The van der Waals surface area contributed by atoms with Gasteiger partial charge in [0.15, 0.2) is 0 Å². The Bertz CT molecular complexity index is 502. The first-order chi connectivity index (χ1) is 8.89. The highest BCUT2D eigenvalue weighted by molar-refractivity contribution is 5.13. The van der Waals surface area contributed by atoms with Gasteiger partial charge in [0.05, 0.1) is 18.6 Å². The van der Waals surface area contributed by atoms with Crippen LogP contribution in [0.25, 0.3) is 0 Å². The van der Waals surface area contributed by atoms with Crippen molar-refractivity contribution in [1.82, 2.24) is 14.5 Å². The molecule has 1 N–H and O–H groups in total. The van der Waals surface area contributed by atoms with Crippen molar-refractivity contribution < 1.29 is 5.11 Å². The van der Waals surface area contributed by atoms with Crippen molar-refractivity contribution in [2.45, 2.75) is 39.3 Å². The molecule has 19 heavy (non-hydrogen) atoms. The molecule has 0 amide bonds. The van der Waals surface area contributed by atoms with Crippen LogP contribution in [0.4, 0.5) is 0 Å². The minimum Gasteiger partial charge on any atom is -0.382 e. The van der Waals surface area contributed by atoms with Gasteiger partial charge >= 0.3 is 0 Å². The van der Waals surface area contributed by atoms with Gasteiger partial charge in [-0.1, -0.05) is 26.8 Å². The van der Waals surface area contributed by atoms with Gasteiger partial charge in [0.1, 0.15) is 5.60 Å². The van der Waals surface area contributed by atoms with Crippen LogP contribution in [0.2, 0.25) is 0 Å². The van der Waals surface area contributed by atoms with Crippen LogP contribution in [0.15, 0.2) is 43.1 Å². The highest BCUT2D eigenvalue weighted by Gasteiger charge is 2.35. The molecule has 2 heterocycles. The molecule has 2 rings (SSSR count). The molecule has 4 heteroatoms. The fourth-order valence-corrected chi connectivity index (χ4v) is 2.43. The minimum absolute atomic E-state index is 0.00680. The molecular weight excluding hydrogens is 238 g/mol. The second kappa shape index (κ2) is 5.13. The van der Waals surface area contributed by atoms with E-state index in [2.05, 4.69) is 30.7 Å². The molecule has 0 aromatic carbocycles. The Morgan fingerprint density at radius 1 is 1.21 bits per heavy atom. The molecule has 2 aromatic rings. The zero-order chi connectivity index (χ0) is 13.9. The average Bonchev–Trinajstić information content (AvgIpc) is 2.80. The van der Waals surface area contributed by atoms with Gasteiger partial charge in [0, 0.05) is 18.6 Å². The van der Waals surface area contributed by atoms with Gasteiger partial charge in [-0.15, -0.1) is 0 Å². The van der Waals surface area contributed by atoms with Crippen LogP contribution in [-0.2, 0) is 12.1 Å². The number of aliphatic hydroxyl groups is 1. The lowest BCUT2D eigenvalue weighted by Crippen LogP contribution is -2.36. The van der Waals surface area contributed by atoms with Crippen LogP contribution in [0.1, 0.15) is 32.9 Å². The van der Waals surface area contributed by atoms with Crippen molar-refractivity contribution in [3.05, 3.63) is 48.8 Å². The standard InChI is InChI=1S/C15H21N3O/c1-14(2,3)10-15(19,11-18-9-8-16-12-18)13-6-4-5-7-17-13/h4-9,12,19H,10-11H2,1-3H3. The number of hydrogen-bond donors (Lipinski definition) is 1. The number of nitrogens with zero attached hydrogens (tertiary/aromatic N) is 3. The normalized spacial score (nSPS) is 15.2. The monoisotopic (exact) mass is 259 g/mol. The van der Waals surface area contributed by atoms with Crippen molar-refractivity contribution in [1.29, 1.82) is 0 Å². The molecule has 0 aliphatic heterocycles. The van der Waals surface area contributed by atoms with Gasteiger partial charge in [0.25, 0.3) is 0 Å². The summed E-state index contributed by atoms with van der Waals surface area (Å²) in [5.41, 5.74) is -0.272. The summed E-state index contributed by atoms with van der Waals surface area (Å²) in [5.74, 6) is 0. The highest BCUT2D eigenvalue weighted by Crippen LogP contribution is 2.35. The molecule has 0 radical (unpaired) electrons. The maximum absolute atomic E-state index is 11.1. The third-order valence-electron chi connectivity index (χ3n) is 2.97. The van der Waals surface area contributed by atoms with Crippen molar-refractivity contribution >= 4 is 0 Å². The maximum Gasteiger partial charge on any atom is 0.125 e. The van der Waals surface area contributed by atoms with Crippen LogP contribution in [-0.4, -0.2) is 19.6 Å². The van der Waals surface area contributed by atoms with E-state index in [-0.39, 0.29) is 5.41 Å². The van der Waals surface area contributed by atoms with Crippen LogP contribution >= 0.6 is 0 Å². The largest absolute Gasteiger partial charge is 0.382 e. The van der Waals surface area contributed by atoms with E-state index in [1.54, 1.807) is 18.7 Å². The third kappa shape index (κ3) is 3.64. The molecule has 0 saturated heterocycles. The Morgan fingerprint density at radius 3 is 2.53 bits per heavy atom. The van der Waals surface area contributed by atoms with Crippen LogP contribution in [0.5, 0.6) is 0 Å². The van der Waals surface area contributed by atoms with E-state index in [1.807, 2.05) is 29.0 Å². The quantitative estimate of drug-likeness (QED) is 0.918. The minimum atomic E-state index is -0.986. The van der Waals surface area contributed by atoms with Gasteiger partial charge in [-0.2, -0.15) is 0 Å². The Morgan fingerprint density at radius 2 is 2.00 bits per heavy atom. The van der Waals surface area contributed by atoms with Gasteiger partial charge in [0.2, 0.25) is 0 Å². The van der Waals surface area contributed by atoms with Gasteiger partial charge in [-0.25, -0.2) is 4.98 Å². The second-order valence-electron chi connectivity index (χ2n) is 6.22. The summed E-state index contributed by atoms with van der Waals surface area (Å²) in [7, 11) is 0. The number of aromatic nitrogens is 3. The molecule has 0 aliphatic carbocycles. The zero-order valence-electron chi connectivity index (χ0n) is 11.7. The fraction of sp³-hybridized carbons (Fsp3) is 0.467. The SMILES string of the molecule is CC(C)(C)CC(O)(Cn1ccnc1)c1ccccn1. The van der Waals surface area contributed by atoms with E-state index in [4.69, 9.17) is 0 Å². The lowest BCUT2D eigenvalue weighted by atomic mass is 9.80. The first-order valence-corrected chi connectivity index (χ1v) is 6.49. The fourth-order valence-electron chi connectivity index (χ4n) is 2.43. The highest BCUT2D eigenvalue weighted by atomic mass is 16.3.